The number of nitrogens with one attached hydrogen (secondary N) is 2. The normalized spacial score (nSPS) is 19.7. The minimum Gasteiger partial charge on any atom is -0.507 e. The standard InChI is InChI=1S/C34H34N6O6/c41-25-3-4-26(42)30-29(25)31(43)27-23(37-13-15-39-17-19-45-33(39)21-5-9-35-10-6-21)1-2-24(28(27)32(30)44)38-14-16-40-18-20-46-34(40)22-7-11-36-12-8-22/h1-12,33-34,37-38,41-42H,13-20H2. The van der Waals surface area contributed by atoms with Gasteiger partial charge in [0.2, 0.25) is 11.6 Å². The average molecular weight is 623 g/mol. The summed E-state index contributed by atoms with van der Waals surface area (Å²) in [5.41, 5.74) is 2.89. The molecule has 2 unspecified atom stereocenters. The number of benzene rings is 2. The number of nitrogens with zero attached hydrogens (tertiary/aromatic N) is 4. The zero-order valence-electron chi connectivity index (χ0n) is 25.1. The summed E-state index contributed by atoms with van der Waals surface area (Å²) in [4.78, 5) is 40.5. The average Bonchev–Trinajstić information content (AvgIpc) is 3.76. The lowest BCUT2D eigenvalue weighted by atomic mass is 9.81. The fraction of sp³-hybridized carbons (Fsp3) is 0.294. The van der Waals surface area contributed by atoms with Crippen LogP contribution in [-0.2, 0) is 9.47 Å². The van der Waals surface area contributed by atoms with E-state index in [0.717, 1.165) is 24.2 Å². The van der Waals surface area contributed by atoms with E-state index in [4.69, 9.17) is 9.47 Å². The van der Waals surface area contributed by atoms with Crippen molar-refractivity contribution >= 4 is 22.9 Å². The summed E-state index contributed by atoms with van der Waals surface area (Å²) in [5, 5.41) is 28.0. The molecule has 4 heterocycles. The number of phenolic OH excluding ortho intramolecular Hbond substituents is 2. The first kappa shape index (κ1) is 29.8. The van der Waals surface area contributed by atoms with Crippen molar-refractivity contribution in [2.24, 2.45) is 0 Å². The molecule has 2 aromatic heterocycles. The van der Waals surface area contributed by atoms with Crippen LogP contribution in [0.3, 0.4) is 0 Å². The van der Waals surface area contributed by atoms with Gasteiger partial charge in [-0.1, -0.05) is 0 Å². The number of carbonyl (C=O) groups excluding carboxylic acids is 2. The molecule has 12 heteroatoms. The number of fused-ring (bicyclic) bond motifs is 2. The molecule has 0 saturated carbocycles. The summed E-state index contributed by atoms with van der Waals surface area (Å²) in [5.74, 6) is -1.78. The summed E-state index contributed by atoms with van der Waals surface area (Å²) in [7, 11) is 0. The van der Waals surface area contributed by atoms with Gasteiger partial charge in [0.25, 0.3) is 0 Å². The summed E-state index contributed by atoms with van der Waals surface area (Å²) in [6.07, 6.45) is 6.56. The van der Waals surface area contributed by atoms with Gasteiger partial charge in [0.15, 0.2) is 0 Å². The minimum atomic E-state index is -0.533. The Morgan fingerprint density at radius 1 is 0.630 bits per heavy atom. The minimum absolute atomic E-state index is 0.158. The van der Waals surface area contributed by atoms with Crippen LogP contribution in [0, 0.1) is 0 Å². The van der Waals surface area contributed by atoms with Gasteiger partial charge < -0.3 is 30.3 Å². The SMILES string of the molecule is O=C1c2c(O)ccc(O)c2C(=O)c2c(NCCN3CCOC3c3ccncc3)ccc(NCCN3CCOC3c3ccncc3)c21. The molecule has 0 radical (unpaired) electrons. The number of hydrogen-bond donors (Lipinski definition) is 4. The lowest BCUT2D eigenvalue weighted by Crippen LogP contribution is -2.31. The summed E-state index contributed by atoms with van der Waals surface area (Å²) in [6, 6.07) is 13.7. The van der Waals surface area contributed by atoms with Crippen LogP contribution in [0.15, 0.2) is 73.3 Å². The summed E-state index contributed by atoms with van der Waals surface area (Å²) in [6.45, 7) is 4.86. The molecule has 12 nitrogen and oxygen atoms in total. The molecule has 1 aliphatic carbocycles. The van der Waals surface area contributed by atoms with Gasteiger partial charge in [-0.25, -0.2) is 0 Å². The van der Waals surface area contributed by atoms with Crippen molar-refractivity contribution in [1.29, 1.82) is 0 Å². The van der Waals surface area contributed by atoms with E-state index in [1.165, 1.54) is 12.1 Å². The quantitative estimate of drug-likeness (QED) is 0.169. The van der Waals surface area contributed by atoms with Crippen molar-refractivity contribution in [1.82, 2.24) is 19.8 Å². The second kappa shape index (κ2) is 12.9. The molecule has 4 aromatic rings. The Hall–Kier alpha value is -4.88. The molecule has 0 spiro atoms. The molecule has 46 heavy (non-hydrogen) atoms. The second-order valence-electron chi connectivity index (χ2n) is 11.4. The van der Waals surface area contributed by atoms with Crippen molar-refractivity contribution < 1.29 is 29.3 Å². The van der Waals surface area contributed by atoms with Gasteiger partial charge in [-0.05, 0) is 59.7 Å². The maximum Gasteiger partial charge on any atom is 0.200 e. The smallest absolute Gasteiger partial charge is 0.200 e. The monoisotopic (exact) mass is 622 g/mol. The number of ketones is 2. The Balaban J connectivity index is 1.13. The lowest BCUT2D eigenvalue weighted by Gasteiger charge is -2.27. The first-order valence-electron chi connectivity index (χ1n) is 15.3. The number of phenols is 2. The van der Waals surface area contributed by atoms with Gasteiger partial charge >= 0.3 is 0 Å². The summed E-state index contributed by atoms with van der Waals surface area (Å²) < 4.78 is 11.9. The van der Waals surface area contributed by atoms with E-state index < -0.39 is 11.6 Å². The van der Waals surface area contributed by atoms with E-state index in [-0.39, 0.29) is 46.2 Å². The van der Waals surface area contributed by atoms with Crippen LogP contribution < -0.4 is 10.6 Å². The number of hydrogen-bond acceptors (Lipinski definition) is 12. The van der Waals surface area contributed by atoms with Gasteiger partial charge in [-0.15, -0.1) is 0 Å². The molecule has 0 bridgehead atoms. The van der Waals surface area contributed by atoms with E-state index in [2.05, 4.69) is 30.4 Å². The van der Waals surface area contributed by atoms with E-state index >= 15 is 0 Å². The number of aromatic nitrogens is 2. The number of aromatic hydroxyl groups is 2. The van der Waals surface area contributed by atoms with Crippen molar-refractivity contribution in [2.45, 2.75) is 12.5 Å². The molecule has 0 amide bonds. The predicted octanol–water partition coefficient (Wildman–Crippen LogP) is 3.55. The summed E-state index contributed by atoms with van der Waals surface area (Å²) >= 11 is 0. The highest BCUT2D eigenvalue weighted by Gasteiger charge is 2.38. The van der Waals surface area contributed by atoms with Crippen LogP contribution in [0.1, 0.15) is 55.4 Å². The first-order chi connectivity index (χ1) is 22.5. The lowest BCUT2D eigenvalue weighted by molar-refractivity contribution is 0.0345. The van der Waals surface area contributed by atoms with Gasteiger partial charge in [-0.2, -0.15) is 0 Å². The van der Waals surface area contributed by atoms with E-state index in [0.29, 0.717) is 50.8 Å². The molecule has 236 valence electrons. The molecule has 2 saturated heterocycles. The fourth-order valence-corrected chi connectivity index (χ4v) is 6.46. The topological polar surface area (TPSA) is 149 Å². The highest BCUT2D eigenvalue weighted by atomic mass is 16.5. The first-order valence-corrected chi connectivity index (χ1v) is 15.3. The number of rotatable bonds is 10. The van der Waals surface area contributed by atoms with Gasteiger partial charge in [0, 0.05) is 75.4 Å². The molecule has 7 rings (SSSR count). The Labute approximate surface area is 265 Å². The highest BCUT2D eigenvalue weighted by Crippen LogP contribution is 2.42. The molecular formula is C34H34N6O6. The number of carbonyl (C=O) groups is 2. The molecule has 2 fully saturated rings. The Bertz CT molecular complexity index is 1630. The number of pyridine rings is 2. The van der Waals surface area contributed by atoms with Crippen LogP contribution in [0.4, 0.5) is 11.4 Å². The van der Waals surface area contributed by atoms with E-state index in [9.17, 15) is 19.8 Å². The number of anilines is 2. The van der Waals surface area contributed by atoms with E-state index in [1.54, 1.807) is 36.9 Å². The van der Waals surface area contributed by atoms with Crippen LogP contribution in [0.2, 0.25) is 0 Å². The fourth-order valence-electron chi connectivity index (χ4n) is 6.46. The Kier molecular flexibility index (Phi) is 8.33. The van der Waals surface area contributed by atoms with Crippen molar-refractivity contribution in [3.05, 3.63) is 107 Å². The molecule has 3 aliphatic rings. The van der Waals surface area contributed by atoms with Gasteiger partial charge in [-0.3, -0.25) is 29.4 Å². The third-order valence-electron chi connectivity index (χ3n) is 8.66. The molecule has 4 N–H and O–H groups in total. The maximum atomic E-state index is 14.0. The predicted molar refractivity (Wildman–Crippen MR) is 169 cm³/mol. The molecular weight excluding hydrogens is 588 g/mol. The molecule has 2 atom stereocenters. The highest BCUT2D eigenvalue weighted by molar-refractivity contribution is 6.33. The van der Waals surface area contributed by atoms with Gasteiger partial charge in [0.1, 0.15) is 24.0 Å². The maximum absolute atomic E-state index is 14.0. The van der Waals surface area contributed by atoms with Crippen LogP contribution in [-0.4, -0.2) is 94.0 Å². The van der Waals surface area contributed by atoms with E-state index in [1.807, 2.05) is 24.3 Å². The van der Waals surface area contributed by atoms with Crippen LogP contribution >= 0.6 is 0 Å². The number of ether oxygens (including phenoxy) is 2. The molecule has 2 aliphatic heterocycles. The Morgan fingerprint density at radius 3 is 1.46 bits per heavy atom. The largest absolute Gasteiger partial charge is 0.507 e. The van der Waals surface area contributed by atoms with Crippen molar-refractivity contribution in [2.75, 3.05) is 63.1 Å². The third-order valence-corrected chi connectivity index (χ3v) is 8.66. The second-order valence-corrected chi connectivity index (χ2v) is 11.4. The zero-order valence-corrected chi connectivity index (χ0v) is 25.1. The van der Waals surface area contributed by atoms with Crippen LogP contribution in [0.25, 0.3) is 0 Å². The molecule has 2 aromatic carbocycles. The van der Waals surface area contributed by atoms with Crippen LogP contribution in [0.5, 0.6) is 11.5 Å². The Morgan fingerprint density at radius 2 is 1.04 bits per heavy atom. The van der Waals surface area contributed by atoms with Gasteiger partial charge in [0.05, 0.1) is 35.5 Å². The van der Waals surface area contributed by atoms with Crippen molar-refractivity contribution in [3.8, 4) is 11.5 Å². The zero-order chi connectivity index (χ0) is 31.6. The van der Waals surface area contributed by atoms with Crippen molar-refractivity contribution in [3.63, 3.8) is 0 Å². The third kappa shape index (κ3) is 5.56.